The molecule has 0 amide bonds. The molecule has 0 saturated carbocycles. The molecule has 1 aliphatic heterocycles. The van der Waals surface area contributed by atoms with Crippen LogP contribution in [0, 0.1) is 13.8 Å². The molecule has 2 aromatic rings. The van der Waals surface area contributed by atoms with E-state index in [9.17, 15) is 4.79 Å². The lowest BCUT2D eigenvalue weighted by molar-refractivity contribution is 0.249. The molecule has 122 valence electrons. The van der Waals surface area contributed by atoms with Gasteiger partial charge in [-0.15, -0.1) is 0 Å². The molecule has 1 saturated heterocycles. The van der Waals surface area contributed by atoms with E-state index in [0.29, 0.717) is 4.47 Å². The Hall–Kier alpha value is -1.66. The monoisotopic (exact) mass is 376 g/mol. The van der Waals surface area contributed by atoms with E-state index in [1.54, 1.807) is 6.20 Å². The molecular weight excluding hydrogens is 356 g/mol. The van der Waals surface area contributed by atoms with E-state index in [0.717, 1.165) is 38.4 Å². The number of piperazine rings is 1. The summed E-state index contributed by atoms with van der Waals surface area (Å²) in [6.07, 6.45) is 1.71. The van der Waals surface area contributed by atoms with Crippen LogP contribution in [0.5, 0.6) is 0 Å². The Morgan fingerprint density at radius 1 is 1.17 bits per heavy atom. The normalized spacial score (nSPS) is 15.9. The summed E-state index contributed by atoms with van der Waals surface area (Å²) < 4.78 is 0.565. The molecule has 1 fully saturated rings. The van der Waals surface area contributed by atoms with Gasteiger partial charge in [0, 0.05) is 32.7 Å². The van der Waals surface area contributed by atoms with Crippen molar-refractivity contribution in [3.8, 4) is 0 Å². The molecule has 0 radical (unpaired) electrons. The topological polar surface area (TPSA) is 52.2 Å². The van der Waals surface area contributed by atoms with Crippen LogP contribution < -0.4 is 10.5 Å². The van der Waals surface area contributed by atoms with Crippen molar-refractivity contribution >= 4 is 21.6 Å². The molecule has 1 aromatic heterocycles. The fourth-order valence-corrected chi connectivity index (χ4v) is 3.51. The van der Waals surface area contributed by atoms with Gasteiger partial charge in [-0.25, -0.2) is 5.10 Å². The molecule has 1 N–H and O–H groups in total. The van der Waals surface area contributed by atoms with Crippen LogP contribution in [0.4, 0.5) is 5.69 Å². The number of nitrogens with one attached hydrogen (secondary N) is 1. The summed E-state index contributed by atoms with van der Waals surface area (Å²) in [5.41, 5.74) is 4.84. The van der Waals surface area contributed by atoms with Crippen molar-refractivity contribution in [2.75, 3.05) is 31.1 Å². The van der Waals surface area contributed by atoms with Crippen LogP contribution in [0.2, 0.25) is 0 Å². The molecule has 0 aliphatic carbocycles. The first kappa shape index (κ1) is 16.2. The number of H-pyrrole nitrogens is 1. The Balaban J connectivity index is 1.67. The van der Waals surface area contributed by atoms with E-state index in [2.05, 4.69) is 68.0 Å². The predicted octanol–water partition coefficient (Wildman–Crippen LogP) is 2.47. The highest BCUT2D eigenvalue weighted by atomic mass is 79.9. The smallest absolute Gasteiger partial charge is 0.280 e. The van der Waals surface area contributed by atoms with Crippen LogP contribution in [0.1, 0.15) is 16.7 Å². The van der Waals surface area contributed by atoms with Crippen molar-refractivity contribution in [1.29, 1.82) is 0 Å². The molecule has 0 spiro atoms. The molecule has 6 heteroatoms. The van der Waals surface area contributed by atoms with E-state index in [-0.39, 0.29) is 5.56 Å². The van der Waals surface area contributed by atoms with Gasteiger partial charge in [-0.2, -0.15) is 5.10 Å². The molecular formula is C17H21BrN4O. The van der Waals surface area contributed by atoms with E-state index in [1.807, 2.05) is 0 Å². The minimum Gasteiger partial charge on any atom is -0.367 e. The number of hydrogen-bond donors (Lipinski definition) is 1. The largest absolute Gasteiger partial charge is 0.367 e. The van der Waals surface area contributed by atoms with E-state index < -0.39 is 0 Å². The van der Waals surface area contributed by atoms with Crippen LogP contribution in [-0.2, 0) is 6.54 Å². The summed E-state index contributed by atoms with van der Waals surface area (Å²) >= 11 is 3.36. The number of hydrogen-bond acceptors (Lipinski definition) is 4. The van der Waals surface area contributed by atoms with Gasteiger partial charge in [-0.1, -0.05) is 18.2 Å². The second kappa shape index (κ2) is 6.84. The van der Waals surface area contributed by atoms with Crippen molar-refractivity contribution in [3.05, 3.63) is 55.9 Å². The Kier molecular flexibility index (Phi) is 4.82. The summed E-state index contributed by atoms with van der Waals surface area (Å²) in [5.74, 6) is 0. The Morgan fingerprint density at radius 3 is 2.48 bits per heavy atom. The number of aromatic nitrogens is 2. The van der Waals surface area contributed by atoms with Gasteiger partial charge < -0.3 is 4.90 Å². The van der Waals surface area contributed by atoms with Gasteiger partial charge >= 0.3 is 0 Å². The highest BCUT2D eigenvalue weighted by Gasteiger charge is 2.20. The van der Waals surface area contributed by atoms with E-state index >= 15 is 0 Å². The lowest BCUT2D eigenvalue weighted by Gasteiger charge is -2.36. The third kappa shape index (κ3) is 3.48. The molecule has 0 atom stereocenters. The molecule has 0 bridgehead atoms. The SMILES string of the molecule is Cc1cccc(C)c1CN1CCN(c2cn[nH]c(=O)c2Br)CC1. The Morgan fingerprint density at radius 2 is 1.83 bits per heavy atom. The molecule has 3 rings (SSSR count). The zero-order valence-corrected chi connectivity index (χ0v) is 15.1. The van der Waals surface area contributed by atoms with Crippen LogP contribution >= 0.6 is 15.9 Å². The maximum Gasteiger partial charge on any atom is 0.280 e. The van der Waals surface area contributed by atoms with Crippen LogP contribution in [0.3, 0.4) is 0 Å². The zero-order valence-electron chi connectivity index (χ0n) is 13.5. The highest BCUT2D eigenvalue weighted by molar-refractivity contribution is 9.10. The van der Waals surface area contributed by atoms with Crippen molar-refractivity contribution in [3.63, 3.8) is 0 Å². The van der Waals surface area contributed by atoms with Gasteiger partial charge in [0.1, 0.15) is 4.47 Å². The summed E-state index contributed by atoms with van der Waals surface area (Å²) in [7, 11) is 0. The minimum absolute atomic E-state index is 0.180. The summed E-state index contributed by atoms with van der Waals surface area (Å²) in [6, 6.07) is 6.47. The number of aromatic amines is 1. The van der Waals surface area contributed by atoms with Gasteiger partial charge in [-0.3, -0.25) is 9.69 Å². The number of nitrogens with zero attached hydrogens (tertiary/aromatic N) is 3. The maximum atomic E-state index is 11.7. The number of halogens is 1. The molecule has 23 heavy (non-hydrogen) atoms. The van der Waals surface area contributed by atoms with Gasteiger partial charge in [0.2, 0.25) is 0 Å². The first-order chi connectivity index (χ1) is 11.1. The average Bonchev–Trinajstić information content (AvgIpc) is 2.54. The van der Waals surface area contributed by atoms with Gasteiger partial charge in [0.05, 0.1) is 11.9 Å². The van der Waals surface area contributed by atoms with Crippen LogP contribution in [0.15, 0.2) is 33.7 Å². The first-order valence-electron chi connectivity index (χ1n) is 7.82. The van der Waals surface area contributed by atoms with Crippen LogP contribution in [0.25, 0.3) is 0 Å². The lowest BCUT2D eigenvalue weighted by atomic mass is 10.0. The van der Waals surface area contributed by atoms with Crippen molar-refractivity contribution < 1.29 is 0 Å². The van der Waals surface area contributed by atoms with E-state index in [4.69, 9.17) is 0 Å². The van der Waals surface area contributed by atoms with Gasteiger partial charge in [-0.05, 0) is 46.5 Å². The average molecular weight is 377 g/mol. The summed E-state index contributed by atoms with van der Waals surface area (Å²) in [4.78, 5) is 16.3. The zero-order chi connectivity index (χ0) is 16.4. The third-order valence-electron chi connectivity index (χ3n) is 4.52. The third-order valence-corrected chi connectivity index (χ3v) is 5.28. The first-order valence-corrected chi connectivity index (χ1v) is 8.61. The molecule has 1 aromatic carbocycles. The highest BCUT2D eigenvalue weighted by Crippen LogP contribution is 2.23. The van der Waals surface area contributed by atoms with Crippen molar-refractivity contribution in [2.45, 2.75) is 20.4 Å². The van der Waals surface area contributed by atoms with Crippen molar-refractivity contribution in [1.82, 2.24) is 15.1 Å². The predicted molar refractivity (Wildman–Crippen MR) is 96.0 cm³/mol. The molecule has 0 unspecified atom stereocenters. The fraction of sp³-hybridized carbons (Fsp3) is 0.412. The summed E-state index contributed by atoms with van der Waals surface area (Å²) in [6.45, 7) is 9.10. The van der Waals surface area contributed by atoms with Gasteiger partial charge in [0.15, 0.2) is 0 Å². The Bertz CT molecular complexity index is 730. The summed E-state index contributed by atoms with van der Waals surface area (Å²) in [5, 5.41) is 6.35. The molecule has 5 nitrogen and oxygen atoms in total. The van der Waals surface area contributed by atoms with Gasteiger partial charge in [0.25, 0.3) is 5.56 Å². The number of anilines is 1. The van der Waals surface area contributed by atoms with E-state index in [1.165, 1.54) is 16.7 Å². The lowest BCUT2D eigenvalue weighted by Crippen LogP contribution is -2.46. The molecule has 2 heterocycles. The molecule has 1 aliphatic rings. The maximum absolute atomic E-state index is 11.7. The second-order valence-corrected chi connectivity index (χ2v) is 6.82. The minimum atomic E-state index is -0.180. The standard InChI is InChI=1S/C17H21BrN4O/c1-12-4-3-5-13(2)14(12)11-21-6-8-22(9-7-21)15-10-19-20-17(23)16(15)18/h3-5,10H,6-9,11H2,1-2H3,(H,20,23). The number of benzene rings is 1. The second-order valence-electron chi connectivity index (χ2n) is 6.03. The van der Waals surface area contributed by atoms with Crippen molar-refractivity contribution in [2.24, 2.45) is 0 Å². The number of aryl methyl sites for hydroxylation is 2. The van der Waals surface area contributed by atoms with Crippen LogP contribution in [-0.4, -0.2) is 41.3 Å². The Labute approximate surface area is 144 Å². The fourth-order valence-electron chi connectivity index (χ4n) is 3.06. The number of rotatable bonds is 3. The quantitative estimate of drug-likeness (QED) is 0.893.